The van der Waals surface area contributed by atoms with Crippen molar-refractivity contribution < 1.29 is 27.2 Å². The van der Waals surface area contributed by atoms with Crippen LogP contribution >= 0.6 is 42.7 Å². The van der Waals surface area contributed by atoms with Crippen LogP contribution < -0.4 is 0 Å². The van der Waals surface area contributed by atoms with Crippen molar-refractivity contribution in [1.29, 1.82) is 0 Å². The summed E-state index contributed by atoms with van der Waals surface area (Å²) in [5, 5.41) is 0. The minimum Gasteiger partial charge on any atom is -0.303 e. The fourth-order valence-electron chi connectivity index (χ4n) is 5.21. The molecule has 0 spiro atoms. The molecule has 0 unspecified atom stereocenters. The summed E-state index contributed by atoms with van der Waals surface area (Å²) in [5.41, 5.74) is 0. The van der Waals surface area contributed by atoms with Crippen molar-refractivity contribution in [3.63, 3.8) is 0 Å². The molecular formula is C21H36BrClO6P2. The highest BCUT2D eigenvalue weighted by Gasteiger charge is 2.66. The van der Waals surface area contributed by atoms with Crippen molar-refractivity contribution in [2.75, 3.05) is 0 Å². The minimum atomic E-state index is -4.09. The zero-order valence-electron chi connectivity index (χ0n) is 18.2. The lowest BCUT2D eigenvalue weighted by atomic mass is 10.3. The van der Waals surface area contributed by atoms with Gasteiger partial charge in [0, 0.05) is 0 Å². The third kappa shape index (κ3) is 5.84. The van der Waals surface area contributed by atoms with E-state index in [1.807, 2.05) is 0 Å². The van der Waals surface area contributed by atoms with E-state index in [0.29, 0.717) is 0 Å². The number of alkyl halides is 2. The summed E-state index contributed by atoms with van der Waals surface area (Å²) >= 11 is 10.4. The highest BCUT2D eigenvalue weighted by molar-refractivity contribution is 9.13. The molecule has 4 rings (SSSR count). The summed E-state index contributed by atoms with van der Waals surface area (Å²) < 4.78 is 51.2. The third-order valence-electron chi connectivity index (χ3n) is 7.02. The van der Waals surface area contributed by atoms with E-state index in [2.05, 4.69) is 15.9 Å². The van der Waals surface area contributed by atoms with Crippen molar-refractivity contribution in [1.82, 2.24) is 0 Å². The SMILES string of the molecule is O=P(OC1CCCC1)(OC1CCCC1)C(Cl)(Br)P(=O)(OC1CCCC1)OC1CCCC1. The van der Waals surface area contributed by atoms with Gasteiger partial charge in [-0.2, -0.15) is 0 Å². The molecule has 0 bridgehead atoms. The monoisotopic (exact) mass is 560 g/mol. The maximum Gasteiger partial charge on any atom is 0.375 e. The molecular weight excluding hydrogens is 526 g/mol. The predicted molar refractivity (Wildman–Crippen MR) is 126 cm³/mol. The van der Waals surface area contributed by atoms with Crippen LogP contribution in [0.2, 0.25) is 0 Å². The third-order valence-corrected chi connectivity index (χ3v) is 16.0. The molecule has 0 atom stereocenters. The first kappa shape index (κ1) is 25.2. The van der Waals surface area contributed by atoms with Gasteiger partial charge in [-0.3, -0.25) is 9.13 Å². The first-order valence-electron chi connectivity index (χ1n) is 12.1. The van der Waals surface area contributed by atoms with Crippen LogP contribution in [-0.4, -0.2) is 27.7 Å². The molecule has 0 radical (unpaired) electrons. The summed E-state index contributed by atoms with van der Waals surface area (Å²) in [4.78, 5) is 0. The van der Waals surface area contributed by atoms with Crippen LogP contribution in [0.1, 0.15) is 103 Å². The van der Waals surface area contributed by atoms with Crippen molar-refractivity contribution in [3.8, 4) is 0 Å². The topological polar surface area (TPSA) is 71.1 Å². The first-order valence-corrected chi connectivity index (χ1v) is 16.4. The molecule has 10 heteroatoms. The Hall–Kier alpha value is 1.07. The first-order chi connectivity index (χ1) is 14.8. The summed E-state index contributed by atoms with van der Waals surface area (Å²) in [6.07, 6.45) is 13.7. The average molecular weight is 562 g/mol. The summed E-state index contributed by atoms with van der Waals surface area (Å²) in [6.45, 7) is 0. The molecule has 0 saturated heterocycles. The second-order valence-corrected chi connectivity index (χ2v) is 18.0. The van der Waals surface area contributed by atoms with E-state index in [4.69, 9.17) is 29.7 Å². The van der Waals surface area contributed by atoms with Gasteiger partial charge in [-0.1, -0.05) is 63.0 Å². The number of hydrogen-bond donors (Lipinski definition) is 0. The number of hydrogen-bond acceptors (Lipinski definition) is 6. The lowest BCUT2D eigenvalue weighted by Gasteiger charge is -2.38. The van der Waals surface area contributed by atoms with Gasteiger partial charge in [-0.15, -0.1) is 0 Å². The van der Waals surface area contributed by atoms with Crippen molar-refractivity contribution in [3.05, 3.63) is 0 Å². The standard InChI is InChI=1S/C21H36BrClO6P2/c22-21(23,30(24,26-17-9-1-2-10-17)27-18-11-3-4-12-18)31(25,28-19-13-5-6-14-19)29-20-15-7-8-16-20/h17-20H,1-16H2. The van der Waals surface area contributed by atoms with E-state index in [9.17, 15) is 9.13 Å². The van der Waals surface area contributed by atoms with Gasteiger partial charge in [0.2, 0.25) is 0 Å². The molecule has 6 nitrogen and oxygen atoms in total. The zero-order chi connectivity index (χ0) is 22.0. The largest absolute Gasteiger partial charge is 0.375 e. The highest BCUT2D eigenvalue weighted by atomic mass is 79.9. The van der Waals surface area contributed by atoms with Gasteiger partial charge < -0.3 is 18.1 Å². The second-order valence-electron chi connectivity index (χ2n) is 9.55. The van der Waals surface area contributed by atoms with Gasteiger partial charge >= 0.3 is 15.2 Å². The molecule has 0 aromatic heterocycles. The van der Waals surface area contributed by atoms with Crippen LogP contribution in [0.5, 0.6) is 0 Å². The molecule has 31 heavy (non-hydrogen) atoms. The predicted octanol–water partition coefficient (Wildman–Crippen LogP) is 8.45. The normalized spacial score (nSPS) is 25.9. The van der Waals surface area contributed by atoms with E-state index >= 15 is 0 Å². The Labute approximate surface area is 200 Å². The van der Waals surface area contributed by atoms with E-state index in [0.717, 1.165) is 103 Å². The fourth-order valence-corrected chi connectivity index (χ4v) is 11.5. The Kier molecular flexibility index (Phi) is 8.75. The lowest BCUT2D eigenvalue weighted by molar-refractivity contribution is 0.102. The van der Waals surface area contributed by atoms with Gasteiger partial charge in [0.1, 0.15) is 0 Å². The molecule has 0 aromatic rings. The molecule has 0 heterocycles. The van der Waals surface area contributed by atoms with Crippen LogP contribution in [0.4, 0.5) is 0 Å². The molecule has 0 aromatic carbocycles. The maximum absolute atomic E-state index is 14.4. The van der Waals surface area contributed by atoms with Gasteiger partial charge in [0.25, 0.3) is 3.27 Å². The lowest BCUT2D eigenvalue weighted by Crippen LogP contribution is -2.28. The molecule has 4 fully saturated rings. The Morgan fingerprint density at radius 3 is 0.935 bits per heavy atom. The average Bonchev–Trinajstić information content (AvgIpc) is 3.51. The van der Waals surface area contributed by atoms with Gasteiger partial charge in [-0.05, 0) is 67.3 Å². The Balaban J connectivity index is 1.63. The van der Waals surface area contributed by atoms with Crippen molar-refractivity contribution >= 4 is 42.7 Å². The fraction of sp³-hybridized carbons (Fsp3) is 1.00. The van der Waals surface area contributed by atoms with Gasteiger partial charge in [-0.25, -0.2) is 0 Å². The molecule has 4 aliphatic carbocycles. The Bertz CT molecular complexity index is 583. The van der Waals surface area contributed by atoms with Gasteiger partial charge in [0.15, 0.2) is 0 Å². The maximum atomic E-state index is 14.4. The number of halogens is 2. The second kappa shape index (κ2) is 10.8. The number of rotatable bonds is 10. The van der Waals surface area contributed by atoms with Gasteiger partial charge in [0.05, 0.1) is 24.4 Å². The zero-order valence-corrected chi connectivity index (χ0v) is 22.4. The van der Waals surface area contributed by atoms with Crippen LogP contribution in [0.15, 0.2) is 0 Å². The van der Waals surface area contributed by atoms with Crippen LogP contribution in [0.3, 0.4) is 0 Å². The van der Waals surface area contributed by atoms with E-state index in [-0.39, 0.29) is 24.4 Å². The highest BCUT2D eigenvalue weighted by Crippen LogP contribution is 2.84. The van der Waals surface area contributed by atoms with Crippen LogP contribution in [0.25, 0.3) is 0 Å². The molecule has 4 aliphatic rings. The molecule has 0 N–H and O–H groups in total. The van der Waals surface area contributed by atoms with Crippen molar-refractivity contribution in [2.24, 2.45) is 0 Å². The molecule has 4 saturated carbocycles. The molecule has 180 valence electrons. The smallest absolute Gasteiger partial charge is 0.303 e. The van der Waals surface area contributed by atoms with E-state index < -0.39 is 18.5 Å². The Morgan fingerprint density at radius 1 is 0.548 bits per heavy atom. The summed E-state index contributed by atoms with van der Waals surface area (Å²) in [6, 6.07) is 0. The molecule has 0 amide bonds. The van der Waals surface area contributed by atoms with E-state index in [1.165, 1.54) is 0 Å². The summed E-state index contributed by atoms with van der Waals surface area (Å²) in [5.74, 6) is 0. The van der Waals surface area contributed by atoms with Crippen LogP contribution in [-0.2, 0) is 27.2 Å². The summed E-state index contributed by atoms with van der Waals surface area (Å²) in [7, 11) is -8.17. The van der Waals surface area contributed by atoms with Crippen LogP contribution in [0, 0.1) is 0 Å². The molecule has 0 aliphatic heterocycles. The van der Waals surface area contributed by atoms with E-state index in [1.54, 1.807) is 0 Å². The van der Waals surface area contributed by atoms with Crippen molar-refractivity contribution in [2.45, 2.75) is 130 Å². The Morgan fingerprint density at radius 2 is 0.742 bits per heavy atom. The quantitative estimate of drug-likeness (QED) is 0.197. The minimum absolute atomic E-state index is 0.214.